The van der Waals surface area contributed by atoms with Gasteiger partial charge in [0.05, 0.1) is 17.0 Å². The van der Waals surface area contributed by atoms with Gasteiger partial charge in [-0.25, -0.2) is 0 Å². The van der Waals surface area contributed by atoms with Crippen LogP contribution in [0.3, 0.4) is 0 Å². The van der Waals surface area contributed by atoms with Crippen LogP contribution >= 0.6 is 0 Å². The first-order valence-corrected chi connectivity index (χ1v) is 8.84. The molecule has 5 rings (SSSR count). The van der Waals surface area contributed by atoms with Crippen molar-refractivity contribution in [3.63, 3.8) is 0 Å². The van der Waals surface area contributed by atoms with Crippen LogP contribution in [0.25, 0.3) is 22.2 Å². The minimum absolute atomic E-state index is 0.0402. The SMILES string of the molecule is NC1=c2cc3cccc4c3c(c2=C(Nc2ccccc2)C(=O)C1=O)C(=O)NC4=O. The summed E-state index contributed by atoms with van der Waals surface area (Å²) in [5, 5.41) is 6.80. The number of benzene rings is 3. The molecule has 3 aromatic rings. The highest BCUT2D eigenvalue weighted by atomic mass is 16.2. The molecule has 7 heteroatoms. The predicted octanol–water partition coefficient (Wildman–Crippen LogP) is 0.162. The molecule has 3 aromatic carbocycles. The molecule has 0 atom stereocenters. The van der Waals surface area contributed by atoms with E-state index in [1.807, 2.05) is 6.07 Å². The third kappa shape index (κ3) is 2.31. The summed E-state index contributed by atoms with van der Waals surface area (Å²) in [5.41, 5.74) is 6.76. The van der Waals surface area contributed by atoms with Gasteiger partial charge in [-0.05, 0) is 29.7 Å². The Morgan fingerprint density at radius 2 is 1.59 bits per heavy atom. The number of carbonyl (C=O) groups excluding carboxylic acids is 4. The Kier molecular flexibility index (Phi) is 3.42. The molecule has 0 saturated heterocycles. The maximum atomic E-state index is 12.8. The molecule has 2 aliphatic rings. The van der Waals surface area contributed by atoms with E-state index < -0.39 is 23.4 Å². The molecular weight excluding hydrogens is 370 g/mol. The lowest BCUT2D eigenvalue weighted by Gasteiger charge is -2.21. The summed E-state index contributed by atoms with van der Waals surface area (Å²) in [4.78, 5) is 50.5. The summed E-state index contributed by atoms with van der Waals surface area (Å²) in [5.74, 6) is -2.83. The van der Waals surface area contributed by atoms with Crippen LogP contribution in [0.5, 0.6) is 0 Å². The van der Waals surface area contributed by atoms with Crippen molar-refractivity contribution < 1.29 is 19.2 Å². The Hall–Kier alpha value is -4.26. The Balaban J connectivity index is 2.02. The maximum Gasteiger partial charge on any atom is 0.259 e. The molecule has 0 radical (unpaired) electrons. The number of hydrogen-bond acceptors (Lipinski definition) is 6. The lowest BCUT2D eigenvalue weighted by atomic mass is 9.88. The predicted molar refractivity (Wildman–Crippen MR) is 106 cm³/mol. The lowest BCUT2D eigenvalue weighted by molar-refractivity contribution is -0.130. The van der Waals surface area contributed by atoms with Crippen molar-refractivity contribution in [3.8, 4) is 0 Å². The van der Waals surface area contributed by atoms with Gasteiger partial charge in [0.25, 0.3) is 23.4 Å². The van der Waals surface area contributed by atoms with Gasteiger partial charge in [0.1, 0.15) is 0 Å². The van der Waals surface area contributed by atoms with Gasteiger partial charge in [-0.1, -0.05) is 30.3 Å². The molecule has 1 aliphatic carbocycles. The summed E-state index contributed by atoms with van der Waals surface area (Å²) in [7, 11) is 0. The third-order valence-electron chi connectivity index (χ3n) is 5.13. The van der Waals surface area contributed by atoms with Gasteiger partial charge in [-0.15, -0.1) is 0 Å². The quantitative estimate of drug-likeness (QED) is 0.429. The molecule has 0 unspecified atom stereocenters. The Bertz CT molecular complexity index is 1420. The number of ketones is 2. The number of nitrogens with one attached hydrogen (secondary N) is 2. The van der Waals surface area contributed by atoms with E-state index >= 15 is 0 Å². The fourth-order valence-electron chi connectivity index (χ4n) is 3.83. The topological polar surface area (TPSA) is 118 Å². The van der Waals surface area contributed by atoms with Crippen molar-refractivity contribution in [2.75, 3.05) is 5.32 Å². The van der Waals surface area contributed by atoms with E-state index in [2.05, 4.69) is 10.6 Å². The third-order valence-corrected chi connectivity index (χ3v) is 5.13. The van der Waals surface area contributed by atoms with Crippen molar-refractivity contribution in [2.24, 2.45) is 5.73 Å². The zero-order valence-corrected chi connectivity index (χ0v) is 14.9. The zero-order chi connectivity index (χ0) is 20.3. The summed E-state index contributed by atoms with van der Waals surface area (Å²) >= 11 is 0. The molecule has 29 heavy (non-hydrogen) atoms. The largest absolute Gasteiger partial charge is 0.395 e. The second kappa shape index (κ2) is 5.87. The fourth-order valence-corrected chi connectivity index (χ4v) is 3.83. The smallest absolute Gasteiger partial charge is 0.259 e. The summed E-state index contributed by atoms with van der Waals surface area (Å²) in [6.07, 6.45) is 0. The van der Waals surface area contributed by atoms with E-state index in [0.29, 0.717) is 22.0 Å². The van der Waals surface area contributed by atoms with Gasteiger partial charge >= 0.3 is 0 Å². The van der Waals surface area contributed by atoms with Crippen LogP contribution in [0.2, 0.25) is 0 Å². The average molecular weight is 383 g/mol. The molecule has 1 aliphatic heterocycles. The molecule has 0 saturated carbocycles. The number of carbonyl (C=O) groups is 4. The van der Waals surface area contributed by atoms with E-state index in [0.717, 1.165) is 0 Å². The van der Waals surface area contributed by atoms with Gasteiger partial charge in [0.2, 0.25) is 0 Å². The van der Waals surface area contributed by atoms with Crippen molar-refractivity contribution in [1.82, 2.24) is 5.32 Å². The van der Waals surface area contributed by atoms with Crippen molar-refractivity contribution in [1.29, 1.82) is 0 Å². The molecule has 0 spiro atoms. The molecular formula is C22H13N3O4. The molecule has 1 heterocycles. The standard InChI is InChI=1S/C22H13N3O4/c23-17-13-9-10-5-4-8-12-14(10)16(22(29)25-21(12)28)15(13)18(20(27)19(17)26)24-11-6-2-1-3-7-11/h1-9,24H,23H2,(H,25,28,29). The van der Waals surface area contributed by atoms with Crippen LogP contribution in [-0.2, 0) is 9.59 Å². The minimum Gasteiger partial charge on any atom is -0.395 e. The number of anilines is 1. The maximum absolute atomic E-state index is 12.8. The Morgan fingerprint density at radius 1 is 0.828 bits per heavy atom. The minimum atomic E-state index is -0.842. The van der Waals surface area contributed by atoms with Crippen LogP contribution in [0.4, 0.5) is 5.69 Å². The molecule has 0 fully saturated rings. The Labute approximate surface area is 163 Å². The average Bonchev–Trinajstić information content (AvgIpc) is 2.73. The van der Waals surface area contributed by atoms with Gasteiger partial charge in [0, 0.05) is 27.1 Å². The van der Waals surface area contributed by atoms with E-state index in [-0.39, 0.29) is 27.4 Å². The van der Waals surface area contributed by atoms with Gasteiger partial charge in [0.15, 0.2) is 0 Å². The first-order chi connectivity index (χ1) is 14.0. The van der Waals surface area contributed by atoms with Crippen molar-refractivity contribution in [2.45, 2.75) is 0 Å². The van der Waals surface area contributed by atoms with Crippen LogP contribution in [0.15, 0.2) is 54.6 Å². The summed E-state index contributed by atoms with van der Waals surface area (Å²) in [6.45, 7) is 0. The Morgan fingerprint density at radius 3 is 2.34 bits per heavy atom. The van der Waals surface area contributed by atoms with Crippen molar-refractivity contribution >= 4 is 51.2 Å². The van der Waals surface area contributed by atoms with E-state index in [1.165, 1.54) is 0 Å². The first-order valence-electron chi connectivity index (χ1n) is 8.84. The van der Waals surface area contributed by atoms with Crippen LogP contribution in [-0.4, -0.2) is 23.4 Å². The van der Waals surface area contributed by atoms with Crippen LogP contribution in [0, 0.1) is 0 Å². The number of amides is 2. The molecule has 0 aromatic heterocycles. The summed E-state index contributed by atoms with van der Waals surface area (Å²) in [6, 6.07) is 15.5. The number of fused-ring (bicyclic) bond motifs is 2. The highest BCUT2D eigenvalue weighted by Crippen LogP contribution is 2.24. The van der Waals surface area contributed by atoms with Crippen molar-refractivity contribution in [3.05, 3.63) is 76.2 Å². The van der Waals surface area contributed by atoms with E-state index in [1.54, 1.807) is 48.5 Å². The van der Waals surface area contributed by atoms with Gasteiger partial charge in [-0.3, -0.25) is 24.5 Å². The molecule has 140 valence electrons. The number of para-hydroxylation sites is 1. The molecule has 2 amide bonds. The molecule has 0 bridgehead atoms. The molecule has 4 N–H and O–H groups in total. The normalized spacial score (nSPS) is 15.4. The van der Waals surface area contributed by atoms with Crippen LogP contribution in [0.1, 0.15) is 20.7 Å². The molecule has 7 nitrogen and oxygen atoms in total. The number of nitrogens with two attached hydrogens (primary N) is 1. The fraction of sp³-hybridized carbons (Fsp3) is 0. The lowest BCUT2D eigenvalue weighted by Crippen LogP contribution is -2.50. The van der Waals surface area contributed by atoms with Crippen LogP contribution < -0.4 is 26.8 Å². The van der Waals surface area contributed by atoms with E-state index in [4.69, 9.17) is 5.73 Å². The number of Topliss-reactive ketones (excluding diaryl/α,β-unsaturated/α-hetero) is 2. The summed E-state index contributed by atoms with van der Waals surface area (Å²) < 4.78 is 0. The number of rotatable bonds is 2. The van der Waals surface area contributed by atoms with Gasteiger partial charge in [-0.2, -0.15) is 0 Å². The zero-order valence-electron chi connectivity index (χ0n) is 14.9. The highest BCUT2D eigenvalue weighted by molar-refractivity contribution is 6.63. The highest BCUT2D eigenvalue weighted by Gasteiger charge is 2.33. The number of imide groups is 1. The number of hydrogen-bond donors (Lipinski definition) is 3. The van der Waals surface area contributed by atoms with E-state index in [9.17, 15) is 19.2 Å². The van der Waals surface area contributed by atoms with Gasteiger partial charge < -0.3 is 11.1 Å². The monoisotopic (exact) mass is 383 g/mol. The first kappa shape index (κ1) is 16.9. The second-order valence-corrected chi connectivity index (χ2v) is 6.80. The second-order valence-electron chi connectivity index (χ2n) is 6.80.